The third-order valence-corrected chi connectivity index (χ3v) is 6.03. The molecule has 31 heavy (non-hydrogen) atoms. The summed E-state index contributed by atoms with van der Waals surface area (Å²) in [5.74, 6) is 1.62. The van der Waals surface area contributed by atoms with Crippen molar-refractivity contribution in [1.82, 2.24) is 9.88 Å². The fourth-order valence-electron chi connectivity index (χ4n) is 4.03. The number of hydrogen-bond donors (Lipinski definition) is 0. The van der Waals surface area contributed by atoms with Gasteiger partial charge in [0.15, 0.2) is 5.76 Å². The monoisotopic (exact) mass is 432 g/mol. The van der Waals surface area contributed by atoms with Gasteiger partial charge in [-0.3, -0.25) is 14.7 Å². The second kappa shape index (κ2) is 8.17. The molecule has 0 aliphatic carbocycles. The number of allylic oxidation sites excluding steroid dienone is 1. The molecule has 2 aliphatic heterocycles. The van der Waals surface area contributed by atoms with E-state index in [0.29, 0.717) is 30.3 Å². The number of pyridine rings is 1. The van der Waals surface area contributed by atoms with Crippen molar-refractivity contribution in [3.05, 3.63) is 93.5 Å². The van der Waals surface area contributed by atoms with Crippen LogP contribution < -0.4 is 9.47 Å². The Morgan fingerprint density at radius 2 is 1.97 bits per heavy atom. The van der Waals surface area contributed by atoms with E-state index in [0.717, 1.165) is 46.0 Å². The molecule has 6 heteroatoms. The van der Waals surface area contributed by atoms with Crippen molar-refractivity contribution in [2.45, 2.75) is 19.9 Å². The maximum absolute atomic E-state index is 13.0. The van der Waals surface area contributed by atoms with Crippen molar-refractivity contribution in [1.29, 1.82) is 0 Å². The van der Waals surface area contributed by atoms with Gasteiger partial charge in [0.25, 0.3) is 0 Å². The van der Waals surface area contributed by atoms with E-state index in [2.05, 4.69) is 9.88 Å². The molecule has 0 bridgehead atoms. The first-order chi connectivity index (χ1) is 15.1. The van der Waals surface area contributed by atoms with E-state index < -0.39 is 0 Å². The number of carbonyl (C=O) groups is 1. The zero-order chi connectivity index (χ0) is 21.4. The zero-order valence-electron chi connectivity index (χ0n) is 17.1. The van der Waals surface area contributed by atoms with Crippen LogP contribution in [0.15, 0.2) is 60.6 Å². The first-order valence-electron chi connectivity index (χ1n) is 10.2. The molecule has 0 spiro atoms. The van der Waals surface area contributed by atoms with Crippen LogP contribution in [0.3, 0.4) is 0 Å². The van der Waals surface area contributed by atoms with E-state index in [9.17, 15) is 4.79 Å². The minimum Gasteiger partial charge on any atom is -0.477 e. The predicted octanol–water partition coefficient (Wildman–Crippen LogP) is 5.05. The number of nitrogens with zero attached hydrogens (tertiary/aromatic N) is 2. The van der Waals surface area contributed by atoms with E-state index in [1.165, 1.54) is 0 Å². The van der Waals surface area contributed by atoms with Gasteiger partial charge in [0.1, 0.15) is 18.2 Å². The molecule has 0 amide bonds. The second-order valence-corrected chi connectivity index (χ2v) is 8.16. The lowest BCUT2D eigenvalue weighted by Crippen LogP contribution is -2.34. The number of benzene rings is 2. The summed E-state index contributed by atoms with van der Waals surface area (Å²) in [4.78, 5) is 19.2. The van der Waals surface area contributed by atoms with Gasteiger partial charge in [-0.2, -0.15) is 0 Å². The molecular formula is C25H21ClN2O3. The van der Waals surface area contributed by atoms with Crippen LogP contribution >= 0.6 is 11.6 Å². The van der Waals surface area contributed by atoms with Gasteiger partial charge >= 0.3 is 0 Å². The van der Waals surface area contributed by atoms with Crippen molar-refractivity contribution < 1.29 is 14.3 Å². The van der Waals surface area contributed by atoms with E-state index in [-0.39, 0.29) is 5.78 Å². The smallest absolute Gasteiger partial charge is 0.231 e. The summed E-state index contributed by atoms with van der Waals surface area (Å²) >= 11 is 6.29. The average molecular weight is 433 g/mol. The standard InChI is InChI=1S/C25H21ClN2O3/c1-16-24-19(14-28(15-30-24)11-8-18-4-2-3-5-21(18)26)13-20-23(29)22(31-25(16)20)12-17-6-9-27-10-7-17/h2-7,9-10,12-13H,8,11,14-15H2,1H3/b22-12-. The molecule has 0 atom stereocenters. The maximum Gasteiger partial charge on any atom is 0.231 e. The Kier molecular flexibility index (Phi) is 5.22. The number of fused-ring (bicyclic) bond motifs is 2. The summed E-state index contributed by atoms with van der Waals surface area (Å²) in [7, 11) is 0. The molecule has 0 radical (unpaired) electrons. The highest BCUT2D eigenvalue weighted by atomic mass is 35.5. The van der Waals surface area contributed by atoms with Crippen molar-refractivity contribution in [2.24, 2.45) is 0 Å². The second-order valence-electron chi connectivity index (χ2n) is 7.75. The molecule has 3 aromatic rings. The molecule has 0 N–H and O–H groups in total. The van der Waals surface area contributed by atoms with Gasteiger partial charge in [-0.1, -0.05) is 29.8 Å². The molecule has 0 fully saturated rings. The number of ketones is 1. The van der Waals surface area contributed by atoms with Crippen LogP contribution in [0.25, 0.3) is 6.08 Å². The Labute approximate surface area is 185 Å². The van der Waals surface area contributed by atoms with Gasteiger partial charge in [-0.15, -0.1) is 0 Å². The fraction of sp³-hybridized carbons (Fsp3) is 0.200. The molecule has 2 aromatic carbocycles. The van der Waals surface area contributed by atoms with Crippen LogP contribution in [0.1, 0.15) is 32.6 Å². The molecule has 5 rings (SSSR count). The Balaban J connectivity index is 1.37. The van der Waals surface area contributed by atoms with Crippen molar-refractivity contribution >= 4 is 23.5 Å². The van der Waals surface area contributed by atoms with Gasteiger partial charge in [0.05, 0.1) is 5.56 Å². The molecule has 156 valence electrons. The number of carbonyl (C=O) groups excluding carboxylic acids is 1. The van der Waals surface area contributed by atoms with Gasteiger partial charge in [-0.25, -0.2) is 0 Å². The quantitative estimate of drug-likeness (QED) is 0.540. The van der Waals surface area contributed by atoms with E-state index >= 15 is 0 Å². The lowest BCUT2D eigenvalue weighted by atomic mass is 10.00. The number of halogens is 1. The summed E-state index contributed by atoms with van der Waals surface area (Å²) in [6, 6.07) is 13.5. The summed E-state index contributed by atoms with van der Waals surface area (Å²) in [5.41, 5.74) is 4.45. The fourth-order valence-corrected chi connectivity index (χ4v) is 4.26. The number of rotatable bonds is 4. The first-order valence-corrected chi connectivity index (χ1v) is 10.6. The van der Waals surface area contributed by atoms with Gasteiger partial charge in [-0.05, 0) is 54.8 Å². The molecule has 0 unspecified atom stereocenters. The SMILES string of the molecule is Cc1c2c(cc3c1O/C(=C\c1ccncc1)C3=O)CN(CCc1ccccc1Cl)CO2. The van der Waals surface area contributed by atoms with Crippen molar-refractivity contribution in [2.75, 3.05) is 13.3 Å². The van der Waals surface area contributed by atoms with Crippen LogP contribution in [0.2, 0.25) is 5.02 Å². The highest BCUT2D eigenvalue weighted by molar-refractivity contribution is 6.31. The summed E-state index contributed by atoms with van der Waals surface area (Å²) in [6.07, 6.45) is 5.96. The zero-order valence-corrected chi connectivity index (χ0v) is 17.9. The van der Waals surface area contributed by atoms with Crippen LogP contribution in [0.5, 0.6) is 11.5 Å². The molecule has 3 heterocycles. The largest absolute Gasteiger partial charge is 0.477 e. The third kappa shape index (κ3) is 3.82. The van der Waals surface area contributed by atoms with E-state index in [1.54, 1.807) is 18.5 Å². The van der Waals surface area contributed by atoms with Crippen LogP contribution in [0, 0.1) is 6.92 Å². The van der Waals surface area contributed by atoms with Crippen LogP contribution in [-0.4, -0.2) is 28.9 Å². The third-order valence-electron chi connectivity index (χ3n) is 5.66. The Hall–Kier alpha value is -3.15. The molecule has 0 saturated carbocycles. The normalized spacial score (nSPS) is 16.6. The molecule has 0 saturated heterocycles. The lowest BCUT2D eigenvalue weighted by molar-refractivity contribution is 0.0954. The van der Waals surface area contributed by atoms with Gasteiger partial charge in [0.2, 0.25) is 5.78 Å². The summed E-state index contributed by atoms with van der Waals surface area (Å²) < 4.78 is 12.0. The molecule has 1 aromatic heterocycles. The first kappa shape index (κ1) is 19.8. The number of hydrogen-bond acceptors (Lipinski definition) is 5. The number of aromatic nitrogens is 1. The summed E-state index contributed by atoms with van der Waals surface area (Å²) in [5, 5.41) is 0.783. The number of ether oxygens (including phenoxy) is 2. The maximum atomic E-state index is 13.0. The van der Waals surface area contributed by atoms with Crippen molar-refractivity contribution in [3.63, 3.8) is 0 Å². The molecular weight excluding hydrogens is 412 g/mol. The number of Topliss-reactive ketones (excluding diaryl/α,β-unsaturated/α-hetero) is 1. The summed E-state index contributed by atoms with van der Waals surface area (Å²) in [6.45, 7) is 3.96. The highest BCUT2D eigenvalue weighted by Gasteiger charge is 2.33. The molecule has 2 aliphatic rings. The average Bonchev–Trinajstić information content (AvgIpc) is 3.09. The van der Waals surface area contributed by atoms with Crippen molar-refractivity contribution in [3.8, 4) is 11.5 Å². The lowest BCUT2D eigenvalue weighted by Gasteiger charge is -2.30. The van der Waals surface area contributed by atoms with Crippen LogP contribution in [-0.2, 0) is 13.0 Å². The minimum atomic E-state index is -0.106. The Bertz CT molecular complexity index is 1190. The topological polar surface area (TPSA) is 51.7 Å². The highest BCUT2D eigenvalue weighted by Crippen LogP contribution is 2.43. The van der Waals surface area contributed by atoms with Gasteiger partial charge < -0.3 is 9.47 Å². The minimum absolute atomic E-state index is 0.106. The predicted molar refractivity (Wildman–Crippen MR) is 119 cm³/mol. The van der Waals surface area contributed by atoms with E-state index in [4.69, 9.17) is 21.1 Å². The van der Waals surface area contributed by atoms with Gasteiger partial charge in [0, 0.05) is 41.6 Å². The Morgan fingerprint density at radius 3 is 2.77 bits per heavy atom. The van der Waals surface area contributed by atoms with Crippen LogP contribution in [0.4, 0.5) is 0 Å². The molecule has 5 nitrogen and oxygen atoms in total. The van der Waals surface area contributed by atoms with E-state index in [1.807, 2.05) is 49.4 Å². The Morgan fingerprint density at radius 1 is 1.16 bits per heavy atom.